The average Bonchev–Trinajstić information content (AvgIpc) is 2.74. The summed E-state index contributed by atoms with van der Waals surface area (Å²) in [6.45, 7) is 4.73. The second-order valence-corrected chi connectivity index (χ2v) is 8.89. The second kappa shape index (κ2) is 8.71. The topological polar surface area (TPSA) is 99.7 Å². The molecule has 9 heteroatoms. The summed E-state index contributed by atoms with van der Waals surface area (Å²) in [4.78, 5) is 30.2. The van der Waals surface area contributed by atoms with E-state index in [0.717, 1.165) is 11.1 Å². The van der Waals surface area contributed by atoms with E-state index >= 15 is 0 Å². The van der Waals surface area contributed by atoms with E-state index in [1.165, 1.54) is 22.8 Å². The van der Waals surface area contributed by atoms with Gasteiger partial charge >= 0.3 is 0 Å². The highest BCUT2D eigenvalue weighted by Gasteiger charge is 2.30. The number of aryl methyl sites for hydroxylation is 2. The molecule has 2 aromatic rings. The molecular weight excluding hydrogens is 392 g/mol. The Bertz CT molecular complexity index is 1000. The van der Waals surface area contributed by atoms with Gasteiger partial charge in [0.15, 0.2) is 0 Å². The van der Waals surface area contributed by atoms with Crippen molar-refractivity contribution in [2.24, 2.45) is 0 Å². The third-order valence-corrected chi connectivity index (χ3v) is 6.91. The number of benzene rings is 1. The maximum atomic E-state index is 12.6. The van der Waals surface area contributed by atoms with E-state index in [1.54, 1.807) is 23.1 Å². The molecule has 1 aromatic carbocycles. The third kappa shape index (κ3) is 4.80. The average molecular weight is 417 g/mol. The highest BCUT2D eigenvalue weighted by molar-refractivity contribution is 7.89. The molecule has 1 saturated heterocycles. The van der Waals surface area contributed by atoms with Crippen molar-refractivity contribution in [3.63, 3.8) is 0 Å². The Kier molecular flexibility index (Phi) is 6.29. The molecule has 29 heavy (non-hydrogen) atoms. The molecule has 2 heterocycles. The van der Waals surface area contributed by atoms with Crippen molar-refractivity contribution in [2.45, 2.75) is 18.7 Å². The van der Waals surface area contributed by atoms with E-state index < -0.39 is 10.0 Å². The number of pyridine rings is 1. The molecule has 0 aliphatic carbocycles. The van der Waals surface area contributed by atoms with Gasteiger partial charge in [0.2, 0.25) is 15.9 Å². The van der Waals surface area contributed by atoms with Crippen molar-refractivity contribution < 1.29 is 18.0 Å². The van der Waals surface area contributed by atoms with Gasteiger partial charge in [-0.2, -0.15) is 4.31 Å². The lowest BCUT2D eigenvalue weighted by molar-refractivity contribution is -0.131. The lowest BCUT2D eigenvalue weighted by atomic mass is 10.1. The number of hydrogen-bond donors (Lipinski definition) is 1. The minimum Gasteiger partial charge on any atom is -0.343 e. The van der Waals surface area contributed by atoms with Gasteiger partial charge < -0.3 is 10.2 Å². The van der Waals surface area contributed by atoms with Crippen LogP contribution in [0.3, 0.4) is 0 Å². The minimum atomic E-state index is -3.62. The van der Waals surface area contributed by atoms with E-state index in [-0.39, 0.29) is 49.4 Å². The molecule has 1 N–H and O–H groups in total. The zero-order valence-corrected chi connectivity index (χ0v) is 17.3. The van der Waals surface area contributed by atoms with Gasteiger partial charge in [0.1, 0.15) is 4.90 Å². The normalized spacial score (nSPS) is 15.2. The second-order valence-electron chi connectivity index (χ2n) is 6.96. The number of sulfonamides is 1. The van der Waals surface area contributed by atoms with Crippen LogP contribution in [0.25, 0.3) is 0 Å². The first kappa shape index (κ1) is 20.9. The molecule has 1 aliphatic rings. The predicted octanol–water partition coefficient (Wildman–Crippen LogP) is 0.961. The van der Waals surface area contributed by atoms with Crippen LogP contribution >= 0.6 is 0 Å². The van der Waals surface area contributed by atoms with Crippen LogP contribution in [0.15, 0.2) is 47.6 Å². The van der Waals surface area contributed by atoms with Crippen LogP contribution in [-0.4, -0.2) is 67.1 Å². The molecule has 0 spiro atoms. The van der Waals surface area contributed by atoms with Crippen LogP contribution in [0.2, 0.25) is 0 Å². The molecule has 1 aliphatic heterocycles. The maximum absolute atomic E-state index is 12.6. The first-order chi connectivity index (χ1) is 13.8. The number of piperazine rings is 1. The predicted molar refractivity (Wildman–Crippen MR) is 108 cm³/mol. The fourth-order valence-electron chi connectivity index (χ4n) is 3.08. The number of nitrogens with zero attached hydrogens (tertiary/aromatic N) is 3. The van der Waals surface area contributed by atoms with Crippen LogP contribution in [-0.2, 0) is 14.8 Å². The van der Waals surface area contributed by atoms with Crippen LogP contribution < -0.4 is 5.32 Å². The van der Waals surface area contributed by atoms with E-state index in [2.05, 4.69) is 10.3 Å². The Balaban J connectivity index is 1.52. The van der Waals surface area contributed by atoms with E-state index in [0.29, 0.717) is 5.56 Å². The summed E-state index contributed by atoms with van der Waals surface area (Å²) in [5.74, 6) is -0.542. The Hall–Kier alpha value is -2.78. The Morgan fingerprint density at radius 1 is 1.07 bits per heavy atom. The molecule has 2 amide bonds. The van der Waals surface area contributed by atoms with Crippen molar-refractivity contribution in [3.8, 4) is 0 Å². The van der Waals surface area contributed by atoms with Gasteiger partial charge in [0, 0.05) is 44.1 Å². The highest BCUT2D eigenvalue weighted by atomic mass is 32.2. The molecule has 0 unspecified atom stereocenters. The zero-order valence-electron chi connectivity index (χ0n) is 16.5. The van der Waals surface area contributed by atoms with Gasteiger partial charge in [-0.15, -0.1) is 0 Å². The highest BCUT2D eigenvalue weighted by Crippen LogP contribution is 2.16. The van der Waals surface area contributed by atoms with Crippen LogP contribution in [0, 0.1) is 13.8 Å². The largest absolute Gasteiger partial charge is 0.343 e. The van der Waals surface area contributed by atoms with Crippen LogP contribution in [0.4, 0.5) is 0 Å². The maximum Gasteiger partial charge on any atom is 0.251 e. The molecule has 3 rings (SSSR count). The Morgan fingerprint density at radius 3 is 2.41 bits per heavy atom. The molecule has 0 atom stereocenters. The number of rotatable bonds is 5. The van der Waals surface area contributed by atoms with Gasteiger partial charge in [-0.3, -0.25) is 14.6 Å². The molecule has 154 valence electrons. The van der Waals surface area contributed by atoms with Gasteiger partial charge in [-0.1, -0.05) is 6.07 Å². The molecule has 0 radical (unpaired) electrons. The van der Waals surface area contributed by atoms with Gasteiger partial charge in [-0.25, -0.2) is 8.42 Å². The number of carbonyl (C=O) groups is 2. The minimum absolute atomic E-state index is 0.124. The fraction of sp³-hybridized carbons (Fsp3) is 0.350. The summed E-state index contributed by atoms with van der Waals surface area (Å²) in [7, 11) is -3.62. The number of amides is 2. The van der Waals surface area contributed by atoms with Crippen molar-refractivity contribution in [1.29, 1.82) is 0 Å². The fourth-order valence-corrected chi connectivity index (χ4v) is 4.47. The van der Waals surface area contributed by atoms with Crippen LogP contribution in [0.1, 0.15) is 21.5 Å². The first-order valence-corrected chi connectivity index (χ1v) is 10.8. The molecule has 1 fully saturated rings. The standard InChI is InChI=1S/C20H24N4O4S/c1-15-5-6-17(12-16(15)2)20(26)22-14-19(25)23-8-10-24(11-9-23)29(27,28)18-4-3-7-21-13-18/h3-7,12-13H,8-11,14H2,1-2H3,(H,22,26). The summed E-state index contributed by atoms with van der Waals surface area (Å²) < 4.78 is 26.6. The Morgan fingerprint density at radius 2 is 1.79 bits per heavy atom. The third-order valence-electron chi connectivity index (χ3n) is 5.03. The SMILES string of the molecule is Cc1ccc(C(=O)NCC(=O)N2CCN(S(=O)(=O)c3cccnc3)CC2)cc1C. The summed E-state index contributed by atoms with van der Waals surface area (Å²) in [5, 5.41) is 2.64. The van der Waals surface area contributed by atoms with Crippen LogP contribution in [0.5, 0.6) is 0 Å². The summed E-state index contributed by atoms with van der Waals surface area (Å²) in [6, 6.07) is 8.46. The van der Waals surface area contributed by atoms with Crippen molar-refractivity contribution >= 4 is 21.8 Å². The Labute approximate surface area is 170 Å². The number of carbonyl (C=O) groups excluding carboxylic acids is 2. The van der Waals surface area contributed by atoms with Gasteiger partial charge in [0.05, 0.1) is 6.54 Å². The molecule has 0 saturated carbocycles. The van der Waals surface area contributed by atoms with Gasteiger partial charge in [-0.05, 0) is 49.2 Å². The number of hydrogen-bond acceptors (Lipinski definition) is 5. The lowest BCUT2D eigenvalue weighted by Crippen LogP contribution is -2.52. The lowest BCUT2D eigenvalue weighted by Gasteiger charge is -2.34. The van der Waals surface area contributed by atoms with E-state index in [9.17, 15) is 18.0 Å². The molecule has 1 aromatic heterocycles. The monoisotopic (exact) mass is 416 g/mol. The number of aromatic nitrogens is 1. The smallest absolute Gasteiger partial charge is 0.251 e. The van der Waals surface area contributed by atoms with Crippen molar-refractivity contribution in [3.05, 3.63) is 59.4 Å². The molecular formula is C20H24N4O4S. The molecule has 8 nitrogen and oxygen atoms in total. The zero-order chi connectivity index (χ0) is 21.0. The van der Waals surface area contributed by atoms with Crippen molar-refractivity contribution in [1.82, 2.24) is 19.5 Å². The first-order valence-electron chi connectivity index (χ1n) is 9.32. The van der Waals surface area contributed by atoms with Crippen molar-refractivity contribution in [2.75, 3.05) is 32.7 Å². The van der Waals surface area contributed by atoms with E-state index in [4.69, 9.17) is 0 Å². The number of nitrogens with one attached hydrogen (secondary N) is 1. The summed E-state index contributed by atoms with van der Waals surface area (Å²) in [5.41, 5.74) is 2.61. The summed E-state index contributed by atoms with van der Waals surface area (Å²) >= 11 is 0. The quantitative estimate of drug-likeness (QED) is 0.783. The molecule has 0 bridgehead atoms. The van der Waals surface area contributed by atoms with E-state index in [1.807, 2.05) is 19.9 Å². The summed E-state index contributed by atoms with van der Waals surface area (Å²) in [6.07, 6.45) is 2.83. The van der Waals surface area contributed by atoms with Gasteiger partial charge in [0.25, 0.3) is 5.91 Å².